The molecule has 3 heterocycles. The molecule has 178 valence electrons. The van der Waals surface area contributed by atoms with Crippen LogP contribution in [0.5, 0.6) is 0 Å². The quantitative estimate of drug-likeness (QED) is 0.588. The van der Waals surface area contributed by atoms with Gasteiger partial charge in [0.1, 0.15) is 10.2 Å². The van der Waals surface area contributed by atoms with Gasteiger partial charge in [-0.25, -0.2) is 19.6 Å². The smallest absolute Gasteiger partial charge is 0.410 e. The van der Waals surface area contributed by atoms with E-state index in [1.807, 2.05) is 20.8 Å². The third-order valence-electron chi connectivity index (χ3n) is 5.49. The van der Waals surface area contributed by atoms with E-state index >= 15 is 0 Å². The first-order valence-corrected chi connectivity index (χ1v) is 11.6. The van der Waals surface area contributed by atoms with Crippen LogP contribution in [-0.2, 0) is 9.47 Å². The molecular weight excluding hydrogens is 492 g/mol. The Kier molecular flexibility index (Phi) is 7.17. The van der Waals surface area contributed by atoms with Crippen LogP contribution in [0.3, 0.4) is 0 Å². The summed E-state index contributed by atoms with van der Waals surface area (Å²) in [6, 6.07) is 2.43. The molecule has 3 rings (SSSR count). The summed E-state index contributed by atoms with van der Waals surface area (Å²) in [5, 5.41) is 13.2. The predicted octanol–water partition coefficient (Wildman–Crippen LogP) is 3.93. The number of rotatable bonds is 5. The summed E-state index contributed by atoms with van der Waals surface area (Å²) in [7, 11) is 0. The molecule has 0 spiro atoms. The lowest BCUT2D eigenvalue weighted by molar-refractivity contribution is 0.0155. The number of nitrogens with one attached hydrogen (secondary N) is 1. The number of anilines is 1. The standard InChI is InChI=1S/C22H29BrN6O4/c1-6-32-19(30)16-14(2)29-11-15(23)26-17(18(29)27-16)25-13-22(12-24)7-9-28(10-8-22)20(31)33-21(3,4)5/h11H,6-10,13H2,1-5H3,(H,25,26). The molecule has 11 heteroatoms. The summed E-state index contributed by atoms with van der Waals surface area (Å²) in [5.74, 6) is -0.0454. The molecule has 1 fully saturated rings. The molecule has 0 unspecified atom stereocenters. The molecule has 2 aromatic heterocycles. The number of imidazole rings is 1. The van der Waals surface area contributed by atoms with Crippen molar-refractivity contribution in [2.75, 3.05) is 31.6 Å². The summed E-state index contributed by atoms with van der Waals surface area (Å²) in [6.45, 7) is 10.4. The number of hydrogen-bond acceptors (Lipinski definition) is 8. The van der Waals surface area contributed by atoms with Crippen LogP contribution in [0.1, 0.15) is 56.7 Å². The van der Waals surface area contributed by atoms with Crippen molar-refractivity contribution >= 4 is 39.5 Å². The Hall–Kier alpha value is -2.87. The van der Waals surface area contributed by atoms with Crippen LogP contribution in [0.2, 0.25) is 0 Å². The highest BCUT2D eigenvalue weighted by Gasteiger charge is 2.37. The van der Waals surface area contributed by atoms with E-state index in [1.165, 1.54) is 0 Å². The molecule has 1 saturated heterocycles. The molecule has 0 aliphatic carbocycles. The average Bonchev–Trinajstić information content (AvgIpc) is 3.08. The molecule has 10 nitrogen and oxygen atoms in total. The monoisotopic (exact) mass is 520 g/mol. The number of carbonyl (C=O) groups is 2. The fourth-order valence-electron chi connectivity index (χ4n) is 3.67. The molecule has 0 atom stereocenters. The van der Waals surface area contributed by atoms with Crippen molar-refractivity contribution in [3.63, 3.8) is 0 Å². The van der Waals surface area contributed by atoms with Gasteiger partial charge in [0.25, 0.3) is 0 Å². The molecule has 0 radical (unpaired) electrons. The maximum absolute atomic E-state index is 12.4. The van der Waals surface area contributed by atoms with Gasteiger partial charge in [-0.2, -0.15) is 5.26 Å². The Balaban J connectivity index is 1.76. The molecule has 33 heavy (non-hydrogen) atoms. The fourth-order valence-corrected chi connectivity index (χ4v) is 4.05. The molecule has 1 aliphatic heterocycles. The highest BCUT2D eigenvalue weighted by molar-refractivity contribution is 9.10. The van der Waals surface area contributed by atoms with Gasteiger partial charge in [-0.15, -0.1) is 0 Å². The van der Waals surface area contributed by atoms with E-state index in [2.05, 4.69) is 37.3 Å². The van der Waals surface area contributed by atoms with Crippen molar-refractivity contribution < 1.29 is 19.1 Å². The third kappa shape index (κ3) is 5.55. The normalized spacial score (nSPS) is 15.7. The van der Waals surface area contributed by atoms with E-state index < -0.39 is 17.0 Å². The van der Waals surface area contributed by atoms with E-state index in [-0.39, 0.29) is 18.4 Å². The predicted molar refractivity (Wildman–Crippen MR) is 125 cm³/mol. The van der Waals surface area contributed by atoms with Crippen molar-refractivity contribution in [2.45, 2.75) is 53.1 Å². The minimum Gasteiger partial charge on any atom is -0.461 e. The largest absolute Gasteiger partial charge is 0.461 e. The van der Waals surface area contributed by atoms with E-state index in [0.29, 0.717) is 54.2 Å². The average molecular weight is 521 g/mol. The Bertz CT molecular complexity index is 1090. The van der Waals surface area contributed by atoms with Crippen LogP contribution in [-0.4, -0.2) is 63.2 Å². The number of carbonyl (C=O) groups excluding carboxylic acids is 2. The first kappa shape index (κ1) is 24.8. The Morgan fingerprint density at radius 2 is 1.97 bits per heavy atom. The molecule has 1 amide bonds. The summed E-state index contributed by atoms with van der Waals surface area (Å²) < 4.78 is 12.9. The number of esters is 1. The second-order valence-electron chi connectivity index (χ2n) is 9.09. The Morgan fingerprint density at radius 3 is 2.55 bits per heavy atom. The van der Waals surface area contributed by atoms with Gasteiger partial charge in [0.2, 0.25) is 0 Å². The van der Waals surface area contributed by atoms with Crippen LogP contribution in [0.15, 0.2) is 10.8 Å². The third-order valence-corrected chi connectivity index (χ3v) is 5.87. The molecular formula is C22H29BrN6O4. The number of aromatic nitrogens is 3. The number of nitriles is 1. The first-order valence-electron chi connectivity index (χ1n) is 10.8. The second-order valence-corrected chi connectivity index (χ2v) is 9.90. The zero-order chi connectivity index (χ0) is 24.4. The van der Waals surface area contributed by atoms with E-state index in [0.717, 1.165) is 0 Å². The molecule has 1 aliphatic rings. The minimum absolute atomic E-state index is 0.223. The molecule has 0 aromatic carbocycles. The highest BCUT2D eigenvalue weighted by Crippen LogP contribution is 2.32. The van der Waals surface area contributed by atoms with Crippen molar-refractivity contribution in [1.29, 1.82) is 5.26 Å². The number of likely N-dealkylation sites (tertiary alicyclic amines) is 1. The van der Waals surface area contributed by atoms with Gasteiger partial charge < -0.3 is 19.7 Å². The highest BCUT2D eigenvalue weighted by atomic mass is 79.9. The number of piperidine rings is 1. The number of aryl methyl sites for hydroxylation is 1. The number of amides is 1. The van der Waals surface area contributed by atoms with Gasteiger partial charge in [0.05, 0.1) is 23.8 Å². The van der Waals surface area contributed by atoms with Gasteiger partial charge in [-0.3, -0.25) is 4.40 Å². The van der Waals surface area contributed by atoms with Gasteiger partial charge >= 0.3 is 12.1 Å². The first-order chi connectivity index (χ1) is 15.5. The Morgan fingerprint density at radius 1 is 1.30 bits per heavy atom. The number of hydrogen-bond donors (Lipinski definition) is 1. The molecule has 2 aromatic rings. The van der Waals surface area contributed by atoms with Gasteiger partial charge in [-0.1, -0.05) is 0 Å². The molecule has 0 saturated carbocycles. The fraction of sp³-hybridized carbons (Fsp3) is 0.591. The topological polar surface area (TPSA) is 122 Å². The van der Waals surface area contributed by atoms with Crippen molar-refractivity contribution in [3.05, 3.63) is 22.2 Å². The minimum atomic E-state index is -0.675. The van der Waals surface area contributed by atoms with Gasteiger partial charge in [0, 0.05) is 25.8 Å². The van der Waals surface area contributed by atoms with Crippen molar-refractivity contribution in [1.82, 2.24) is 19.3 Å². The van der Waals surface area contributed by atoms with Crippen LogP contribution in [0, 0.1) is 23.7 Å². The zero-order valence-electron chi connectivity index (χ0n) is 19.6. The van der Waals surface area contributed by atoms with Gasteiger partial charge in [0.15, 0.2) is 17.2 Å². The number of ether oxygens (including phenoxy) is 2. The van der Waals surface area contributed by atoms with E-state index in [1.54, 1.807) is 29.3 Å². The van der Waals surface area contributed by atoms with Crippen molar-refractivity contribution in [2.24, 2.45) is 5.41 Å². The summed E-state index contributed by atoms with van der Waals surface area (Å²) in [4.78, 5) is 35.2. The van der Waals surface area contributed by atoms with Crippen molar-refractivity contribution in [3.8, 4) is 6.07 Å². The number of fused-ring (bicyclic) bond motifs is 1. The van der Waals surface area contributed by atoms with Crippen LogP contribution in [0.25, 0.3) is 5.65 Å². The number of halogens is 1. The van der Waals surface area contributed by atoms with E-state index in [9.17, 15) is 14.9 Å². The lowest BCUT2D eigenvalue weighted by Gasteiger charge is -2.37. The summed E-state index contributed by atoms with van der Waals surface area (Å²) in [6.07, 6.45) is 2.37. The maximum Gasteiger partial charge on any atom is 0.410 e. The second kappa shape index (κ2) is 9.55. The summed E-state index contributed by atoms with van der Waals surface area (Å²) in [5.41, 5.74) is 0.0875. The lowest BCUT2D eigenvalue weighted by Crippen LogP contribution is -2.46. The van der Waals surface area contributed by atoms with Gasteiger partial charge in [-0.05, 0) is 63.4 Å². The van der Waals surface area contributed by atoms with E-state index in [4.69, 9.17) is 9.47 Å². The summed E-state index contributed by atoms with van der Waals surface area (Å²) >= 11 is 3.40. The van der Waals surface area contributed by atoms with Crippen LogP contribution >= 0.6 is 15.9 Å². The molecule has 1 N–H and O–H groups in total. The molecule has 0 bridgehead atoms. The van der Waals surface area contributed by atoms with Crippen LogP contribution in [0.4, 0.5) is 10.6 Å². The SMILES string of the molecule is CCOC(=O)c1nc2c(NCC3(C#N)CCN(C(=O)OC(C)(C)C)CC3)nc(Br)cn2c1C. The zero-order valence-corrected chi connectivity index (χ0v) is 21.2. The lowest BCUT2D eigenvalue weighted by atomic mass is 9.80. The number of nitrogens with zero attached hydrogens (tertiary/aromatic N) is 5. The van der Waals surface area contributed by atoms with Crippen LogP contribution < -0.4 is 5.32 Å². The maximum atomic E-state index is 12.4. The Labute approximate surface area is 201 Å².